The lowest BCUT2D eigenvalue weighted by Crippen LogP contribution is -2.30. The topological polar surface area (TPSA) is 58.4 Å². The van der Waals surface area contributed by atoms with Crippen molar-refractivity contribution in [2.24, 2.45) is 7.05 Å². The van der Waals surface area contributed by atoms with Gasteiger partial charge in [-0.1, -0.05) is 6.92 Å². The van der Waals surface area contributed by atoms with Crippen LogP contribution in [0.2, 0.25) is 0 Å². The van der Waals surface area contributed by atoms with Gasteiger partial charge in [-0.05, 0) is 19.9 Å². The van der Waals surface area contributed by atoms with Gasteiger partial charge in [-0.15, -0.1) is 0 Å². The first-order valence-electron chi connectivity index (χ1n) is 5.46. The summed E-state index contributed by atoms with van der Waals surface area (Å²) >= 11 is 0. The maximum absolute atomic E-state index is 10.7. The van der Waals surface area contributed by atoms with E-state index < -0.39 is 5.97 Å². The highest BCUT2D eigenvalue weighted by Crippen LogP contribution is 2.09. The van der Waals surface area contributed by atoms with Gasteiger partial charge in [0.15, 0.2) is 0 Å². The lowest BCUT2D eigenvalue weighted by atomic mass is 10.2. The molecule has 16 heavy (non-hydrogen) atoms. The highest BCUT2D eigenvalue weighted by atomic mass is 16.4. The van der Waals surface area contributed by atoms with Crippen LogP contribution in [0.3, 0.4) is 0 Å². The van der Waals surface area contributed by atoms with Crippen molar-refractivity contribution in [3.8, 4) is 0 Å². The molecule has 0 aromatic carbocycles. The molecule has 0 saturated heterocycles. The smallest absolute Gasteiger partial charge is 0.317 e. The molecule has 5 heteroatoms. The highest BCUT2D eigenvalue weighted by molar-refractivity contribution is 5.69. The minimum atomic E-state index is -0.782. The molecule has 0 aliphatic rings. The Morgan fingerprint density at radius 1 is 1.62 bits per heavy atom. The molecule has 0 bridgehead atoms. The molecule has 0 radical (unpaired) electrons. The summed E-state index contributed by atoms with van der Waals surface area (Å²) in [6.07, 6.45) is 2.76. The Bertz CT molecular complexity index is 360. The van der Waals surface area contributed by atoms with Crippen LogP contribution in [-0.4, -0.2) is 38.8 Å². The summed E-state index contributed by atoms with van der Waals surface area (Å²) in [4.78, 5) is 12.6. The monoisotopic (exact) mass is 225 g/mol. The summed E-state index contributed by atoms with van der Waals surface area (Å²) in [7, 11) is 1.89. The first-order chi connectivity index (χ1) is 7.54. The van der Waals surface area contributed by atoms with Crippen molar-refractivity contribution < 1.29 is 9.90 Å². The third-order valence-electron chi connectivity index (χ3n) is 2.63. The van der Waals surface area contributed by atoms with Gasteiger partial charge in [0, 0.05) is 24.8 Å². The predicted octanol–water partition coefficient (Wildman–Crippen LogP) is 1.03. The lowest BCUT2D eigenvalue weighted by molar-refractivity contribution is -0.138. The third kappa shape index (κ3) is 3.34. The van der Waals surface area contributed by atoms with Crippen LogP contribution >= 0.6 is 0 Å². The van der Waals surface area contributed by atoms with Crippen LogP contribution < -0.4 is 0 Å². The van der Waals surface area contributed by atoms with Gasteiger partial charge in [0.2, 0.25) is 0 Å². The van der Waals surface area contributed by atoms with Gasteiger partial charge in [0.1, 0.15) is 0 Å². The summed E-state index contributed by atoms with van der Waals surface area (Å²) in [6.45, 7) is 5.57. The van der Waals surface area contributed by atoms with Crippen molar-refractivity contribution in [2.75, 3.05) is 13.1 Å². The summed E-state index contributed by atoms with van der Waals surface area (Å²) < 4.78 is 1.81. The molecule has 0 aliphatic carbocycles. The Labute approximate surface area is 95.7 Å². The fourth-order valence-corrected chi connectivity index (χ4v) is 1.66. The number of carboxylic acids is 1. The summed E-state index contributed by atoms with van der Waals surface area (Å²) in [6, 6.07) is 0. The molecule has 1 aromatic heterocycles. The minimum Gasteiger partial charge on any atom is -0.480 e. The largest absolute Gasteiger partial charge is 0.480 e. The van der Waals surface area contributed by atoms with Crippen molar-refractivity contribution in [1.29, 1.82) is 0 Å². The van der Waals surface area contributed by atoms with E-state index in [1.165, 1.54) is 0 Å². The quantitative estimate of drug-likeness (QED) is 0.785. The summed E-state index contributed by atoms with van der Waals surface area (Å²) in [5.41, 5.74) is 2.18. The van der Waals surface area contributed by atoms with E-state index in [-0.39, 0.29) is 6.54 Å². The Hall–Kier alpha value is -1.36. The average molecular weight is 225 g/mol. The molecule has 0 unspecified atom stereocenters. The molecule has 1 heterocycles. The molecule has 0 fully saturated rings. The van der Waals surface area contributed by atoms with Crippen molar-refractivity contribution in [3.05, 3.63) is 17.5 Å². The van der Waals surface area contributed by atoms with E-state index in [1.54, 1.807) is 10.9 Å². The van der Waals surface area contributed by atoms with E-state index in [2.05, 4.69) is 5.10 Å². The molecule has 1 aromatic rings. The number of rotatable bonds is 6. The van der Waals surface area contributed by atoms with Gasteiger partial charge in [-0.25, -0.2) is 0 Å². The van der Waals surface area contributed by atoms with Crippen LogP contribution in [0, 0.1) is 6.92 Å². The standard InChI is InChI=1S/C11H19N3O2/c1-4-5-14(8-11(15)16)7-10-6-12-13(3)9(10)2/h6H,4-5,7-8H2,1-3H3,(H,15,16). The van der Waals surface area contributed by atoms with Crippen LogP contribution in [0.5, 0.6) is 0 Å². The SMILES string of the molecule is CCCN(CC(=O)O)Cc1cnn(C)c1C. The number of hydrogen-bond acceptors (Lipinski definition) is 3. The fraction of sp³-hybridized carbons (Fsp3) is 0.636. The zero-order valence-electron chi connectivity index (χ0n) is 10.1. The van der Waals surface area contributed by atoms with E-state index >= 15 is 0 Å². The number of nitrogens with zero attached hydrogens (tertiary/aromatic N) is 3. The molecule has 0 spiro atoms. The first-order valence-corrected chi connectivity index (χ1v) is 5.46. The number of carboxylic acid groups (broad SMARTS) is 1. The second-order valence-electron chi connectivity index (χ2n) is 3.98. The summed E-state index contributed by atoms with van der Waals surface area (Å²) in [5.74, 6) is -0.782. The second-order valence-corrected chi connectivity index (χ2v) is 3.98. The Kier molecular flexibility index (Phi) is 4.49. The first kappa shape index (κ1) is 12.7. The number of aryl methyl sites for hydroxylation is 1. The molecule has 0 aliphatic heterocycles. The summed E-state index contributed by atoms with van der Waals surface area (Å²) in [5, 5.41) is 13.0. The molecule has 0 saturated carbocycles. The third-order valence-corrected chi connectivity index (χ3v) is 2.63. The predicted molar refractivity (Wildman–Crippen MR) is 61.1 cm³/mol. The Morgan fingerprint density at radius 3 is 2.75 bits per heavy atom. The zero-order valence-corrected chi connectivity index (χ0v) is 10.1. The van der Waals surface area contributed by atoms with E-state index in [4.69, 9.17) is 5.11 Å². The van der Waals surface area contributed by atoms with Crippen molar-refractivity contribution in [1.82, 2.24) is 14.7 Å². The number of hydrogen-bond donors (Lipinski definition) is 1. The van der Waals surface area contributed by atoms with Crippen LogP contribution in [0.1, 0.15) is 24.6 Å². The molecule has 0 atom stereocenters. The molecule has 1 N–H and O–H groups in total. The number of carbonyl (C=O) groups is 1. The van der Waals surface area contributed by atoms with Crippen LogP contribution in [0.15, 0.2) is 6.20 Å². The highest BCUT2D eigenvalue weighted by Gasteiger charge is 2.12. The second kappa shape index (κ2) is 5.65. The van der Waals surface area contributed by atoms with E-state index in [1.807, 2.05) is 25.8 Å². The van der Waals surface area contributed by atoms with Crippen molar-refractivity contribution >= 4 is 5.97 Å². The Morgan fingerprint density at radius 2 is 2.31 bits per heavy atom. The van der Waals surface area contributed by atoms with Crippen LogP contribution in [-0.2, 0) is 18.4 Å². The van der Waals surface area contributed by atoms with Crippen molar-refractivity contribution in [3.63, 3.8) is 0 Å². The molecule has 1 rings (SSSR count). The maximum Gasteiger partial charge on any atom is 0.317 e. The fourth-order valence-electron chi connectivity index (χ4n) is 1.66. The van der Waals surface area contributed by atoms with Gasteiger partial charge in [0.05, 0.1) is 12.7 Å². The van der Waals surface area contributed by atoms with Crippen LogP contribution in [0.4, 0.5) is 0 Å². The minimum absolute atomic E-state index is 0.0855. The molecule has 5 nitrogen and oxygen atoms in total. The average Bonchev–Trinajstić information content (AvgIpc) is 2.49. The van der Waals surface area contributed by atoms with Gasteiger partial charge in [-0.3, -0.25) is 14.4 Å². The molecular formula is C11H19N3O2. The van der Waals surface area contributed by atoms with E-state index in [9.17, 15) is 4.79 Å². The maximum atomic E-state index is 10.7. The van der Waals surface area contributed by atoms with Gasteiger partial charge < -0.3 is 5.11 Å². The lowest BCUT2D eigenvalue weighted by Gasteiger charge is -2.18. The van der Waals surface area contributed by atoms with Gasteiger partial charge in [0.25, 0.3) is 0 Å². The molecule has 0 amide bonds. The molecular weight excluding hydrogens is 206 g/mol. The number of aromatic nitrogens is 2. The van der Waals surface area contributed by atoms with E-state index in [0.717, 1.165) is 24.2 Å². The molecule has 90 valence electrons. The Balaban J connectivity index is 2.67. The number of aliphatic carboxylic acids is 1. The normalized spacial score (nSPS) is 11.0. The zero-order chi connectivity index (χ0) is 12.1. The van der Waals surface area contributed by atoms with Crippen molar-refractivity contribution in [2.45, 2.75) is 26.8 Å². The van der Waals surface area contributed by atoms with Crippen LogP contribution in [0.25, 0.3) is 0 Å². The van der Waals surface area contributed by atoms with Gasteiger partial charge in [-0.2, -0.15) is 5.10 Å². The van der Waals surface area contributed by atoms with E-state index in [0.29, 0.717) is 6.54 Å². The van der Waals surface area contributed by atoms with Gasteiger partial charge >= 0.3 is 5.97 Å².